The SMILES string of the molecule is CCOC(=O)CSc1nc2c(c(=O)n1-c1ccc(OC)cc1)C1(CCCC1)Cc1ccccc1-2. The lowest BCUT2D eigenvalue weighted by molar-refractivity contribution is -0.139. The van der Waals surface area contributed by atoms with E-state index in [9.17, 15) is 9.59 Å². The Morgan fingerprint density at radius 2 is 1.85 bits per heavy atom. The summed E-state index contributed by atoms with van der Waals surface area (Å²) in [6.45, 7) is 2.10. The lowest BCUT2D eigenvalue weighted by atomic mass is 9.68. The number of rotatable bonds is 6. The molecule has 3 aromatic rings. The Bertz CT molecular complexity index is 1280. The first kappa shape index (κ1) is 22.7. The predicted octanol–water partition coefficient (Wildman–Crippen LogP) is 4.93. The van der Waals surface area contributed by atoms with E-state index >= 15 is 0 Å². The number of carbonyl (C=O) groups excluding carboxylic acids is 1. The molecule has 0 amide bonds. The molecule has 1 heterocycles. The molecule has 1 fully saturated rings. The van der Waals surface area contributed by atoms with Gasteiger partial charge in [0.25, 0.3) is 5.56 Å². The number of methoxy groups -OCH3 is 1. The fourth-order valence-corrected chi connectivity index (χ4v) is 6.20. The minimum absolute atomic E-state index is 0.0436. The summed E-state index contributed by atoms with van der Waals surface area (Å²) in [6, 6.07) is 15.7. The Kier molecular flexibility index (Phi) is 6.21. The van der Waals surface area contributed by atoms with Crippen LogP contribution in [0.3, 0.4) is 0 Å². The molecule has 176 valence electrons. The molecule has 34 heavy (non-hydrogen) atoms. The van der Waals surface area contributed by atoms with Crippen LogP contribution in [0.25, 0.3) is 16.9 Å². The van der Waals surface area contributed by atoms with E-state index in [2.05, 4.69) is 18.2 Å². The molecule has 0 saturated heterocycles. The number of ether oxygens (including phenoxy) is 2. The summed E-state index contributed by atoms with van der Waals surface area (Å²) >= 11 is 1.24. The highest BCUT2D eigenvalue weighted by Gasteiger charge is 2.44. The van der Waals surface area contributed by atoms with E-state index in [1.54, 1.807) is 18.6 Å². The summed E-state index contributed by atoms with van der Waals surface area (Å²) in [7, 11) is 1.61. The smallest absolute Gasteiger partial charge is 0.316 e. The third-order valence-electron chi connectivity index (χ3n) is 6.90. The predicted molar refractivity (Wildman–Crippen MR) is 133 cm³/mol. The molecule has 2 aliphatic rings. The van der Waals surface area contributed by atoms with Gasteiger partial charge in [-0.1, -0.05) is 48.9 Å². The summed E-state index contributed by atoms with van der Waals surface area (Å²) in [4.78, 5) is 31.5. The number of aromatic nitrogens is 2. The summed E-state index contributed by atoms with van der Waals surface area (Å²) in [6.07, 6.45) is 5.07. The maximum Gasteiger partial charge on any atom is 0.316 e. The summed E-state index contributed by atoms with van der Waals surface area (Å²) < 4.78 is 12.1. The van der Waals surface area contributed by atoms with Crippen LogP contribution in [0.2, 0.25) is 0 Å². The van der Waals surface area contributed by atoms with Gasteiger partial charge in [-0.25, -0.2) is 4.98 Å². The van der Waals surface area contributed by atoms with Gasteiger partial charge in [0.05, 0.1) is 36.4 Å². The topological polar surface area (TPSA) is 70.4 Å². The van der Waals surface area contributed by atoms with Crippen LogP contribution < -0.4 is 10.3 Å². The number of carbonyl (C=O) groups is 1. The van der Waals surface area contributed by atoms with Gasteiger partial charge in [-0.15, -0.1) is 0 Å². The van der Waals surface area contributed by atoms with Gasteiger partial charge in [-0.05, 0) is 56.0 Å². The van der Waals surface area contributed by atoms with Gasteiger partial charge in [0.1, 0.15) is 5.75 Å². The Labute approximate surface area is 203 Å². The monoisotopic (exact) mass is 476 g/mol. The highest BCUT2D eigenvalue weighted by molar-refractivity contribution is 7.99. The molecule has 1 spiro atoms. The minimum atomic E-state index is -0.326. The quantitative estimate of drug-likeness (QED) is 0.285. The van der Waals surface area contributed by atoms with E-state index in [1.165, 1.54) is 17.3 Å². The molecule has 7 heteroatoms. The first-order valence-corrected chi connectivity index (χ1v) is 12.7. The molecule has 2 aliphatic carbocycles. The third kappa shape index (κ3) is 3.92. The van der Waals surface area contributed by atoms with Crippen molar-refractivity contribution < 1.29 is 14.3 Å². The zero-order valence-corrected chi connectivity index (χ0v) is 20.3. The van der Waals surface area contributed by atoms with Crippen LogP contribution in [0, 0.1) is 0 Å². The molecule has 0 atom stereocenters. The molecule has 6 nitrogen and oxygen atoms in total. The van der Waals surface area contributed by atoms with Crippen molar-refractivity contribution >= 4 is 17.7 Å². The molecule has 1 saturated carbocycles. The lowest BCUT2D eigenvalue weighted by Gasteiger charge is -2.36. The van der Waals surface area contributed by atoms with Gasteiger partial charge in [0.2, 0.25) is 0 Å². The van der Waals surface area contributed by atoms with Crippen molar-refractivity contribution in [2.24, 2.45) is 0 Å². The summed E-state index contributed by atoms with van der Waals surface area (Å²) in [5.41, 5.74) is 4.33. The van der Waals surface area contributed by atoms with E-state index in [4.69, 9.17) is 14.5 Å². The van der Waals surface area contributed by atoms with Crippen molar-refractivity contribution in [3.05, 3.63) is 70.0 Å². The first-order chi connectivity index (χ1) is 16.6. The number of benzene rings is 2. The highest BCUT2D eigenvalue weighted by Crippen LogP contribution is 2.50. The van der Waals surface area contributed by atoms with Gasteiger partial charge >= 0.3 is 5.97 Å². The van der Waals surface area contributed by atoms with E-state index in [0.717, 1.165) is 48.9 Å². The highest BCUT2D eigenvalue weighted by atomic mass is 32.2. The van der Waals surface area contributed by atoms with Crippen molar-refractivity contribution in [1.29, 1.82) is 0 Å². The fraction of sp³-hybridized carbons (Fsp3) is 0.370. The van der Waals surface area contributed by atoms with Crippen molar-refractivity contribution in [2.45, 2.75) is 49.6 Å². The fourth-order valence-electron chi connectivity index (χ4n) is 5.39. The van der Waals surface area contributed by atoms with Gasteiger partial charge < -0.3 is 9.47 Å². The Balaban J connectivity index is 1.73. The molecular weight excluding hydrogens is 448 g/mol. The molecule has 0 radical (unpaired) electrons. The average molecular weight is 477 g/mol. The van der Waals surface area contributed by atoms with E-state index in [0.29, 0.717) is 23.2 Å². The van der Waals surface area contributed by atoms with Gasteiger partial charge in [0, 0.05) is 11.0 Å². The van der Waals surface area contributed by atoms with E-state index in [1.807, 2.05) is 30.3 Å². The Morgan fingerprint density at radius 1 is 1.12 bits per heavy atom. The number of hydrogen-bond donors (Lipinski definition) is 0. The number of esters is 1. The van der Waals surface area contributed by atoms with Crippen molar-refractivity contribution in [3.8, 4) is 22.7 Å². The van der Waals surface area contributed by atoms with Gasteiger partial charge in [0.15, 0.2) is 5.16 Å². The molecule has 2 aromatic carbocycles. The second-order valence-electron chi connectivity index (χ2n) is 8.87. The van der Waals surface area contributed by atoms with Gasteiger partial charge in [-0.2, -0.15) is 0 Å². The zero-order chi connectivity index (χ0) is 23.7. The zero-order valence-electron chi connectivity index (χ0n) is 19.5. The second kappa shape index (κ2) is 9.29. The van der Waals surface area contributed by atoms with Crippen LogP contribution >= 0.6 is 11.8 Å². The Morgan fingerprint density at radius 3 is 2.56 bits per heavy atom. The van der Waals surface area contributed by atoms with Crippen LogP contribution in [0.15, 0.2) is 58.5 Å². The van der Waals surface area contributed by atoms with Gasteiger partial charge in [-0.3, -0.25) is 14.2 Å². The number of hydrogen-bond acceptors (Lipinski definition) is 6. The van der Waals surface area contributed by atoms with Crippen molar-refractivity contribution in [2.75, 3.05) is 19.5 Å². The van der Waals surface area contributed by atoms with E-state index < -0.39 is 0 Å². The molecule has 0 bridgehead atoms. The first-order valence-electron chi connectivity index (χ1n) is 11.7. The molecule has 0 unspecified atom stereocenters. The van der Waals surface area contributed by atoms with Crippen LogP contribution in [0.1, 0.15) is 43.7 Å². The maximum atomic E-state index is 14.3. The van der Waals surface area contributed by atoms with Crippen LogP contribution in [0.4, 0.5) is 0 Å². The standard InChI is InChI=1S/C27H28N2O4S/c1-3-33-22(30)17-34-26-28-24-21-9-5-4-8-18(21)16-27(14-6-7-15-27)23(24)25(31)29(26)19-10-12-20(32-2)13-11-19/h4-5,8-13H,3,6-7,14-17H2,1-2H3. The molecule has 0 aliphatic heterocycles. The summed E-state index contributed by atoms with van der Waals surface area (Å²) in [5.74, 6) is 0.472. The van der Waals surface area contributed by atoms with Crippen molar-refractivity contribution in [3.63, 3.8) is 0 Å². The molecule has 5 rings (SSSR count). The van der Waals surface area contributed by atoms with Crippen LogP contribution in [-0.2, 0) is 21.4 Å². The van der Waals surface area contributed by atoms with E-state index in [-0.39, 0.29) is 22.7 Å². The number of nitrogens with zero attached hydrogens (tertiary/aromatic N) is 2. The normalized spacial score (nSPS) is 15.6. The Hall–Kier alpha value is -3.06. The number of thioether (sulfide) groups is 1. The second-order valence-corrected chi connectivity index (χ2v) is 9.81. The molecule has 0 N–H and O–H groups in total. The van der Waals surface area contributed by atoms with Crippen molar-refractivity contribution in [1.82, 2.24) is 9.55 Å². The lowest BCUT2D eigenvalue weighted by Crippen LogP contribution is -2.40. The minimum Gasteiger partial charge on any atom is -0.497 e. The third-order valence-corrected chi connectivity index (χ3v) is 7.81. The molecular formula is C27H28N2O4S. The molecule has 1 aromatic heterocycles. The van der Waals surface area contributed by atoms with Crippen LogP contribution in [0.5, 0.6) is 5.75 Å². The van der Waals surface area contributed by atoms with Crippen LogP contribution in [-0.4, -0.2) is 35.0 Å². The number of fused-ring (bicyclic) bond motifs is 4. The summed E-state index contributed by atoms with van der Waals surface area (Å²) in [5, 5.41) is 0.492. The largest absolute Gasteiger partial charge is 0.497 e. The maximum absolute atomic E-state index is 14.3. The average Bonchev–Trinajstić information content (AvgIpc) is 3.31.